The average molecular weight is 304 g/mol. The summed E-state index contributed by atoms with van der Waals surface area (Å²) in [6, 6.07) is 5.63. The minimum absolute atomic E-state index is 0.100. The predicted octanol–water partition coefficient (Wildman–Crippen LogP) is 2.57. The summed E-state index contributed by atoms with van der Waals surface area (Å²) in [5.74, 6) is 1.08. The first-order valence-electron chi connectivity index (χ1n) is 7.48. The summed E-state index contributed by atoms with van der Waals surface area (Å²) in [5.41, 5.74) is 2.16. The van der Waals surface area contributed by atoms with Crippen molar-refractivity contribution < 1.29 is 9.21 Å². The van der Waals surface area contributed by atoms with Crippen molar-refractivity contribution in [2.24, 2.45) is 5.92 Å². The van der Waals surface area contributed by atoms with Crippen LogP contribution < -0.4 is 5.32 Å². The molecule has 0 aliphatic rings. The van der Waals surface area contributed by atoms with Gasteiger partial charge in [-0.25, -0.2) is 4.79 Å². The van der Waals surface area contributed by atoms with Crippen molar-refractivity contribution in [2.75, 3.05) is 13.6 Å². The second kappa shape index (κ2) is 7.15. The minimum Gasteiger partial charge on any atom is -0.467 e. The maximum absolute atomic E-state index is 12.0. The summed E-state index contributed by atoms with van der Waals surface area (Å²) in [6.45, 7) is 8.00. The number of carbonyl (C=O) groups excluding carboxylic acids is 1. The van der Waals surface area contributed by atoms with Crippen LogP contribution in [-0.4, -0.2) is 34.3 Å². The van der Waals surface area contributed by atoms with E-state index in [0.717, 1.165) is 23.7 Å². The molecule has 0 saturated carbocycles. The maximum atomic E-state index is 12.0. The van der Waals surface area contributed by atoms with Crippen LogP contribution in [0.15, 0.2) is 28.9 Å². The highest BCUT2D eigenvalue weighted by molar-refractivity contribution is 5.73. The number of furan rings is 1. The third-order valence-electron chi connectivity index (χ3n) is 3.51. The van der Waals surface area contributed by atoms with Crippen LogP contribution in [0.25, 0.3) is 0 Å². The van der Waals surface area contributed by atoms with Gasteiger partial charge < -0.3 is 14.6 Å². The van der Waals surface area contributed by atoms with Crippen LogP contribution in [0.3, 0.4) is 0 Å². The van der Waals surface area contributed by atoms with Gasteiger partial charge in [-0.2, -0.15) is 5.10 Å². The Morgan fingerprint density at radius 2 is 2.27 bits per heavy atom. The Morgan fingerprint density at radius 1 is 1.50 bits per heavy atom. The fourth-order valence-corrected chi connectivity index (χ4v) is 2.32. The first-order chi connectivity index (χ1) is 10.5. The average Bonchev–Trinajstić information content (AvgIpc) is 3.06. The van der Waals surface area contributed by atoms with Crippen molar-refractivity contribution in [3.63, 3.8) is 0 Å². The van der Waals surface area contributed by atoms with Crippen molar-refractivity contribution in [3.8, 4) is 0 Å². The second-order valence-corrected chi connectivity index (χ2v) is 5.84. The number of urea groups is 1. The standard InChI is InChI=1S/C16H24N4O2/c1-12(10-20-14(3)8-13(2)18-20)9-17-16(21)19(4)11-15-6-5-7-22-15/h5-8,12H,9-11H2,1-4H3,(H,17,21). The van der Waals surface area contributed by atoms with E-state index in [4.69, 9.17) is 4.42 Å². The molecule has 0 fully saturated rings. The Hall–Kier alpha value is -2.24. The molecule has 1 N–H and O–H groups in total. The quantitative estimate of drug-likeness (QED) is 0.892. The van der Waals surface area contributed by atoms with Gasteiger partial charge in [-0.1, -0.05) is 6.92 Å². The van der Waals surface area contributed by atoms with Crippen LogP contribution >= 0.6 is 0 Å². The number of rotatable bonds is 6. The lowest BCUT2D eigenvalue weighted by Crippen LogP contribution is -2.39. The van der Waals surface area contributed by atoms with Gasteiger partial charge in [0.1, 0.15) is 5.76 Å². The Bertz CT molecular complexity index is 604. The molecule has 2 aromatic heterocycles. The van der Waals surface area contributed by atoms with E-state index in [1.807, 2.05) is 30.7 Å². The van der Waals surface area contributed by atoms with Gasteiger partial charge in [0, 0.05) is 25.8 Å². The van der Waals surface area contributed by atoms with E-state index in [1.54, 1.807) is 18.2 Å². The van der Waals surface area contributed by atoms with Crippen LogP contribution in [0, 0.1) is 19.8 Å². The first kappa shape index (κ1) is 16.1. The number of carbonyl (C=O) groups is 1. The topological polar surface area (TPSA) is 63.3 Å². The van der Waals surface area contributed by atoms with Gasteiger partial charge in [0.25, 0.3) is 0 Å². The van der Waals surface area contributed by atoms with E-state index < -0.39 is 0 Å². The summed E-state index contributed by atoms with van der Waals surface area (Å²) >= 11 is 0. The van der Waals surface area contributed by atoms with Crippen molar-refractivity contribution in [1.29, 1.82) is 0 Å². The van der Waals surface area contributed by atoms with E-state index >= 15 is 0 Å². The molecule has 6 heteroatoms. The smallest absolute Gasteiger partial charge is 0.317 e. The van der Waals surface area contributed by atoms with Gasteiger partial charge in [0.15, 0.2) is 0 Å². The zero-order chi connectivity index (χ0) is 16.1. The zero-order valence-electron chi connectivity index (χ0n) is 13.7. The van der Waals surface area contributed by atoms with Gasteiger partial charge in [-0.05, 0) is 38.0 Å². The highest BCUT2D eigenvalue weighted by Crippen LogP contribution is 2.07. The molecule has 22 heavy (non-hydrogen) atoms. The molecule has 2 heterocycles. The molecular formula is C16H24N4O2. The molecule has 0 spiro atoms. The van der Waals surface area contributed by atoms with Crippen LogP contribution in [0.4, 0.5) is 4.79 Å². The normalized spacial score (nSPS) is 12.2. The third kappa shape index (κ3) is 4.38. The predicted molar refractivity (Wildman–Crippen MR) is 84.4 cm³/mol. The molecule has 1 unspecified atom stereocenters. The van der Waals surface area contributed by atoms with Crippen LogP contribution in [0.2, 0.25) is 0 Å². The number of nitrogens with one attached hydrogen (secondary N) is 1. The van der Waals surface area contributed by atoms with Gasteiger partial charge in [0.2, 0.25) is 0 Å². The SMILES string of the molecule is Cc1cc(C)n(CC(C)CNC(=O)N(C)Cc2ccco2)n1. The summed E-state index contributed by atoms with van der Waals surface area (Å²) in [7, 11) is 1.75. The molecule has 0 aliphatic carbocycles. The monoisotopic (exact) mass is 304 g/mol. The third-order valence-corrected chi connectivity index (χ3v) is 3.51. The van der Waals surface area contributed by atoms with Crippen molar-refractivity contribution in [1.82, 2.24) is 20.0 Å². The molecule has 2 amide bonds. The first-order valence-corrected chi connectivity index (χ1v) is 7.48. The van der Waals surface area contributed by atoms with E-state index in [9.17, 15) is 4.79 Å². The van der Waals surface area contributed by atoms with Crippen molar-refractivity contribution in [3.05, 3.63) is 41.6 Å². The lowest BCUT2D eigenvalue weighted by atomic mass is 10.2. The highest BCUT2D eigenvalue weighted by Gasteiger charge is 2.13. The minimum atomic E-state index is -0.100. The van der Waals surface area contributed by atoms with Crippen LogP contribution in [-0.2, 0) is 13.1 Å². The zero-order valence-corrected chi connectivity index (χ0v) is 13.7. The van der Waals surface area contributed by atoms with Crippen LogP contribution in [0.5, 0.6) is 0 Å². The molecular weight excluding hydrogens is 280 g/mol. The number of aromatic nitrogens is 2. The number of hydrogen-bond acceptors (Lipinski definition) is 3. The summed E-state index contributed by atoms with van der Waals surface area (Å²) < 4.78 is 7.23. The molecule has 0 bridgehead atoms. The van der Waals surface area contributed by atoms with E-state index in [0.29, 0.717) is 19.0 Å². The van der Waals surface area contributed by atoms with E-state index in [2.05, 4.69) is 23.4 Å². The van der Waals surface area contributed by atoms with Crippen molar-refractivity contribution >= 4 is 6.03 Å². The molecule has 1 atom stereocenters. The van der Waals surface area contributed by atoms with Crippen LogP contribution in [0.1, 0.15) is 24.1 Å². The van der Waals surface area contributed by atoms with Gasteiger partial charge in [-0.3, -0.25) is 4.68 Å². The fourth-order valence-electron chi connectivity index (χ4n) is 2.32. The second-order valence-electron chi connectivity index (χ2n) is 5.84. The van der Waals surface area contributed by atoms with E-state index in [1.165, 1.54) is 0 Å². The molecule has 0 aromatic carbocycles. The number of amides is 2. The molecule has 0 aliphatic heterocycles. The Balaban J connectivity index is 1.76. The Morgan fingerprint density at radius 3 is 2.86 bits per heavy atom. The highest BCUT2D eigenvalue weighted by atomic mass is 16.3. The van der Waals surface area contributed by atoms with Gasteiger partial charge in [0.05, 0.1) is 18.5 Å². The Kier molecular flexibility index (Phi) is 5.25. The number of aryl methyl sites for hydroxylation is 2. The lowest BCUT2D eigenvalue weighted by Gasteiger charge is -2.19. The summed E-state index contributed by atoms with van der Waals surface area (Å²) in [4.78, 5) is 13.7. The van der Waals surface area contributed by atoms with E-state index in [-0.39, 0.29) is 6.03 Å². The number of hydrogen-bond donors (Lipinski definition) is 1. The summed E-state index contributed by atoms with van der Waals surface area (Å²) in [5, 5.41) is 7.39. The molecule has 2 rings (SSSR count). The molecule has 120 valence electrons. The van der Waals surface area contributed by atoms with Crippen molar-refractivity contribution in [2.45, 2.75) is 33.9 Å². The molecule has 2 aromatic rings. The lowest BCUT2D eigenvalue weighted by molar-refractivity contribution is 0.200. The Labute approximate surface area is 131 Å². The van der Waals surface area contributed by atoms with Gasteiger partial charge in [-0.15, -0.1) is 0 Å². The van der Waals surface area contributed by atoms with Gasteiger partial charge >= 0.3 is 6.03 Å². The molecule has 6 nitrogen and oxygen atoms in total. The molecule has 0 radical (unpaired) electrons. The summed E-state index contributed by atoms with van der Waals surface area (Å²) in [6.07, 6.45) is 1.61. The molecule has 0 saturated heterocycles. The largest absolute Gasteiger partial charge is 0.467 e. The fraction of sp³-hybridized carbons (Fsp3) is 0.500. The maximum Gasteiger partial charge on any atom is 0.317 e. The number of nitrogens with zero attached hydrogens (tertiary/aromatic N) is 3.